The summed E-state index contributed by atoms with van der Waals surface area (Å²) in [4.78, 5) is 17.6. The van der Waals surface area contributed by atoms with E-state index >= 15 is 0 Å². The summed E-state index contributed by atoms with van der Waals surface area (Å²) < 4.78 is 28.0. The van der Waals surface area contributed by atoms with Crippen LogP contribution in [0.15, 0.2) is 12.1 Å². The number of nitrogens with zero attached hydrogens (tertiary/aromatic N) is 2. The van der Waals surface area contributed by atoms with E-state index in [2.05, 4.69) is 18.7 Å². The molecule has 1 aliphatic heterocycles. The van der Waals surface area contributed by atoms with Crippen LogP contribution in [0, 0.1) is 5.92 Å². The molecular formula is C26H44N2O7. The molecule has 9 nitrogen and oxygen atoms in total. The van der Waals surface area contributed by atoms with E-state index in [4.69, 9.17) is 23.7 Å². The third-order valence-corrected chi connectivity index (χ3v) is 5.61. The Kier molecular flexibility index (Phi) is 11.1. The number of carbonyl (C=O) groups excluding carboxylic acids is 1. The van der Waals surface area contributed by atoms with Crippen LogP contribution in [0.3, 0.4) is 0 Å². The molecule has 35 heavy (non-hydrogen) atoms. The fraction of sp³-hybridized carbons (Fsp3) is 0.731. The van der Waals surface area contributed by atoms with Crippen molar-refractivity contribution in [1.29, 1.82) is 0 Å². The molecule has 2 atom stereocenters. The summed E-state index contributed by atoms with van der Waals surface area (Å²) in [6, 6.07) is 3.35. The van der Waals surface area contributed by atoms with Gasteiger partial charge in [-0.2, -0.15) is 0 Å². The molecule has 1 N–H and O–H groups in total. The summed E-state index contributed by atoms with van der Waals surface area (Å²) in [7, 11) is 4.59. The molecule has 1 heterocycles. The van der Waals surface area contributed by atoms with Crippen LogP contribution < -0.4 is 14.2 Å². The average Bonchev–Trinajstić information content (AvgIpc) is 2.80. The second-order valence-electron chi connectivity index (χ2n) is 10.3. The number of ether oxygens (including phenoxy) is 5. The van der Waals surface area contributed by atoms with Crippen LogP contribution in [-0.2, 0) is 9.47 Å². The number of rotatable bonds is 12. The summed E-state index contributed by atoms with van der Waals surface area (Å²) in [5, 5.41) is 10.4. The van der Waals surface area contributed by atoms with E-state index in [0.29, 0.717) is 55.6 Å². The van der Waals surface area contributed by atoms with Gasteiger partial charge in [-0.05, 0) is 38.8 Å². The predicted molar refractivity (Wildman–Crippen MR) is 135 cm³/mol. The SMILES string of the molecule is COc1cc(C(=O)N(CC(C)C)C[C@@H]2CN(C[C@@H](O)COC(C)(C)C)CCO2)cc(OC)c1OC. The number of carbonyl (C=O) groups is 1. The maximum atomic E-state index is 13.6. The first-order valence-electron chi connectivity index (χ1n) is 12.2. The Morgan fingerprint density at radius 3 is 2.31 bits per heavy atom. The Balaban J connectivity index is 2.12. The normalized spacial score (nSPS) is 17.8. The first-order chi connectivity index (χ1) is 16.5. The van der Waals surface area contributed by atoms with Gasteiger partial charge in [0.2, 0.25) is 5.75 Å². The Morgan fingerprint density at radius 1 is 1.17 bits per heavy atom. The Hall–Kier alpha value is -2.07. The van der Waals surface area contributed by atoms with Crippen LogP contribution >= 0.6 is 0 Å². The zero-order valence-corrected chi connectivity index (χ0v) is 22.6. The predicted octanol–water partition coefficient (Wildman–Crippen LogP) is 2.69. The van der Waals surface area contributed by atoms with Crippen LogP contribution in [0.25, 0.3) is 0 Å². The number of aliphatic hydroxyl groups excluding tert-OH is 1. The van der Waals surface area contributed by atoms with Crippen LogP contribution in [0.5, 0.6) is 17.2 Å². The molecule has 2 rings (SSSR count). The molecule has 1 aromatic carbocycles. The molecule has 1 aliphatic rings. The third-order valence-electron chi connectivity index (χ3n) is 5.61. The number of β-amino-alcohol motifs (C(OH)–C–C–N with tert-alkyl or cyclic N) is 1. The second-order valence-corrected chi connectivity index (χ2v) is 10.3. The molecule has 1 amide bonds. The number of morpholine rings is 1. The fourth-order valence-corrected chi connectivity index (χ4v) is 4.07. The zero-order valence-electron chi connectivity index (χ0n) is 22.6. The minimum atomic E-state index is -0.583. The van der Waals surface area contributed by atoms with Crippen molar-refractivity contribution in [2.75, 3.05) is 67.3 Å². The van der Waals surface area contributed by atoms with Crippen LogP contribution in [0.2, 0.25) is 0 Å². The smallest absolute Gasteiger partial charge is 0.254 e. The van der Waals surface area contributed by atoms with Gasteiger partial charge < -0.3 is 33.7 Å². The minimum absolute atomic E-state index is 0.128. The first kappa shape index (κ1) is 29.2. The highest BCUT2D eigenvalue weighted by molar-refractivity contribution is 5.95. The van der Waals surface area contributed by atoms with Gasteiger partial charge in [-0.1, -0.05) is 13.8 Å². The lowest BCUT2D eigenvalue weighted by atomic mass is 10.1. The monoisotopic (exact) mass is 496 g/mol. The number of benzene rings is 1. The molecule has 1 fully saturated rings. The quantitative estimate of drug-likeness (QED) is 0.473. The molecule has 200 valence electrons. The summed E-state index contributed by atoms with van der Waals surface area (Å²) in [6.07, 6.45) is -0.746. The van der Waals surface area contributed by atoms with Gasteiger partial charge in [-0.3, -0.25) is 9.69 Å². The molecule has 0 radical (unpaired) electrons. The summed E-state index contributed by atoms with van der Waals surface area (Å²) >= 11 is 0. The van der Waals surface area contributed by atoms with Crippen LogP contribution in [0.1, 0.15) is 45.0 Å². The standard InChI is InChI=1S/C26H44N2O7/c1-18(2)13-28(25(30)19-11-22(31-6)24(33-8)23(12-19)32-7)16-21-15-27(9-10-34-21)14-20(29)17-35-26(3,4)5/h11-12,18,20-21,29H,9-10,13-17H2,1-8H3/t20-,21+/m1/s1. The van der Waals surface area contributed by atoms with Crippen molar-refractivity contribution in [2.45, 2.75) is 52.4 Å². The highest BCUT2D eigenvalue weighted by atomic mass is 16.5. The molecule has 0 aliphatic carbocycles. The van der Waals surface area contributed by atoms with E-state index in [9.17, 15) is 9.90 Å². The molecule has 1 aromatic rings. The number of aliphatic hydroxyl groups is 1. The van der Waals surface area contributed by atoms with E-state index in [1.807, 2.05) is 25.7 Å². The van der Waals surface area contributed by atoms with Gasteiger partial charge in [0, 0.05) is 38.3 Å². The van der Waals surface area contributed by atoms with Crippen molar-refractivity contribution in [1.82, 2.24) is 9.80 Å². The van der Waals surface area contributed by atoms with Crippen molar-refractivity contribution < 1.29 is 33.6 Å². The second kappa shape index (κ2) is 13.3. The Labute approximate surface area is 210 Å². The average molecular weight is 497 g/mol. The summed E-state index contributed by atoms with van der Waals surface area (Å²) in [5.74, 6) is 1.47. The highest BCUT2D eigenvalue weighted by Crippen LogP contribution is 2.38. The highest BCUT2D eigenvalue weighted by Gasteiger charge is 2.28. The summed E-state index contributed by atoms with van der Waals surface area (Å²) in [6.45, 7) is 13.8. The maximum Gasteiger partial charge on any atom is 0.254 e. The molecule has 0 aromatic heterocycles. The number of methoxy groups -OCH3 is 3. The topological polar surface area (TPSA) is 89.9 Å². The first-order valence-corrected chi connectivity index (χ1v) is 12.2. The van der Waals surface area contributed by atoms with Gasteiger partial charge >= 0.3 is 0 Å². The van der Waals surface area contributed by atoms with Crippen molar-refractivity contribution in [3.05, 3.63) is 17.7 Å². The third kappa shape index (κ3) is 9.14. The molecule has 9 heteroatoms. The summed E-state index contributed by atoms with van der Waals surface area (Å²) in [5.41, 5.74) is 0.168. The maximum absolute atomic E-state index is 13.6. The van der Waals surface area contributed by atoms with Crippen molar-refractivity contribution in [2.24, 2.45) is 5.92 Å². The number of amides is 1. The number of hydrogen-bond acceptors (Lipinski definition) is 8. The van der Waals surface area contributed by atoms with E-state index in [0.717, 1.165) is 6.54 Å². The number of hydrogen-bond donors (Lipinski definition) is 1. The molecule has 0 bridgehead atoms. The molecule has 0 spiro atoms. The molecule has 1 saturated heterocycles. The van der Waals surface area contributed by atoms with Crippen molar-refractivity contribution in [3.8, 4) is 17.2 Å². The van der Waals surface area contributed by atoms with E-state index < -0.39 is 6.10 Å². The van der Waals surface area contributed by atoms with Crippen molar-refractivity contribution >= 4 is 5.91 Å². The van der Waals surface area contributed by atoms with Gasteiger partial charge in [0.05, 0.1) is 52.4 Å². The lowest BCUT2D eigenvalue weighted by Gasteiger charge is -2.37. The lowest BCUT2D eigenvalue weighted by molar-refractivity contribution is -0.0783. The van der Waals surface area contributed by atoms with Crippen LogP contribution in [0.4, 0.5) is 0 Å². The molecule has 0 saturated carbocycles. The fourth-order valence-electron chi connectivity index (χ4n) is 4.07. The van der Waals surface area contributed by atoms with Crippen molar-refractivity contribution in [3.63, 3.8) is 0 Å². The molecule has 0 unspecified atom stereocenters. The van der Waals surface area contributed by atoms with Gasteiger partial charge in [-0.25, -0.2) is 0 Å². The van der Waals surface area contributed by atoms with Crippen LogP contribution in [-0.4, -0.2) is 106 Å². The lowest BCUT2D eigenvalue weighted by Crippen LogP contribution is -2.51. The van der Waals surface area contributed by atoms with Gasteiger partial charge in [0.1, 0.15) is 0 Å². The minimum Gasteiger partial charge on any atom is -0.493 e. The zero-order chi connectivity index (χ0) is 26.2. The van der Waals surface area contributed by atoms with E-state index in [-0.39, 0.29) is 30.1 Å². The van der Waals surface area contributed by atoms with Gasteiger partial charge in [-0.15, -0.1) is 0 Å². The van der Waals surface area contributed by atoms with E-state index in [1.165, 1.54) is 21.3 Å². The largest absolute Gasteiger partial charge is 0.493 e. The Morgan fingerprint density at radius 2 is 1.80 bits per heavy atom. The van der Waals surface area contributed by atoms with Gasteiger partial charge in [0.15, 0.2) is 11.5 Å². The Bertz CT molecular complexity index is 784. The van der Waals surface area contributed by atoms with Gasteiger partial charge in [0.25, 0.3) is 5.91 Å². The molecular weight excluding hydrogens is 452 g/mol. The van der Waals surface area contributed by atoms with E-state index in [1.54, 1.807) is 12.1 Å².